The van der Waals surface area contributed by atoms with E-state index >= 15 is 0 Å². The van der Waals surface area contributed by atoms with Crippen molar-refractivity contribution < 1.29 is 9.05 Å². The molecule has 0 bridgehead atoms. The van der Waals surface area contributed by atoms with Gasteiger partial charge in [-0.05, 0) is 45.5 Å². The lowest BCUT2D eigenvalue weighted by molar-refractivity contribution is 0.489. The zero-order valence-corrected chi connectivity index (χ0v) is 28.8. The zero-order chi connectivity index (χ0) is 31.0. The Balaban J connectivity index is 1.68. The fourth-order valence-electron chi connectivity index (χ4n) is 5.20. The molecule has 0 unspecified atom stereocenters. The normalized spacial score (nSPS) is 11.8. The van der Waals surface area contributed by atoms with E-state index in [1.807, 2.05) is 84.9 Å². The number of hydrogen-bond donors (Lipinski definition) is 0. The molecule has 0 aliphatic rings. The summed E-state index contributed by atoms with van der Waals surface area (Å²) >= 11 is 13.3. The van der Waals surface area contributed by atoms with Crippen molar-refractivity contribution in [2.75, 3.05) is 5.90 Å². The Kier molecular flexibility index (Phi) is 9.96. The smallest absolute Gasteiger partial charge is 0.413 e. The predicted octanol–water partition coefficient (Wildman–Crippen LogP) is 9.31. The molecule has 0 amide bonds. The van der Waals surface area contributed by atoms with E-state index in [2.05, 4.69) is 97.1 Å². The minimum absolute atomic E-state index is 0.603. The van der Waals surface area contributed by atoms with Gasteiger partial charge in [0.25, 0.3) is 0 Å². The fourth-order valence-corrected chi connectivity index (χ4v) is 21.4. The van der Waals surface area contributed by atoms with E-state index in [1.165, 1.54) is 0 Å². The van der Waals surface area contributed by atoms with Crippen molar-refractivity contribution in [2.24, 2.45) is 4.52 Å². The highest BCUT2D eigenvalue weighted by molar-refractivity contribution is 8.25. The van der Waals surface area contributed by atoms with Crippen molar-refractivity contribution >= 4 is 64.6 Å². The highest BCUT2D eigenvalue weighted by atomic mass is 32.5. The van der Waals surface area contributed by atoms with Crippen LogP contribution < -0.4 is 30.3 Å². The molecule has 0 aliphatic carbocycles. The summed E-state index contributed by atoms with van der Waals surface area (Å²) in [6, 6.07) is 58.7. The summed E-state index contributed by atoms with van der Waals surface area (Å²) in [6.45, 7) is -3.41. The Morgan fingerprint density at radius 3 is 1.02 bits per heavy atom. The van der Waals surface area contributed by atoms with Crippen LogP contribution in [-0.4, -0.2) is 5.90 Å². The van der Waals surface area contributed by atoms with Gasteiger partial charge in [-0.25, -0.2) is 0 Å². The summed E-state index contributed by atoms with van der Waals surface area (Å²) in [5.41, 5.74) is 0. The van der Waals surface area contributed by atoms with Gasteiger partial charge in [-0.2, -0.15) is 4.52 Å². The van der Waals surface area contributed by atoms with Crippen LogP contribution >= 0.6 is 19.7 Å². The van der Waals surface area contributed by atoms with Gasteiger partial charge in [0.2, 0.25) is 0 Å². The molecular weight excluding hydrogens is 647 g/mol. The number of benzene rings is 6. The van der Waals surface area contributed by atoms with Gasteiger partial charge in [0.05, 0.1) is 0 Å². The lowest BCUT2D eigenvalue weighted by Gasteiger charge is -2.35. The maximum Gasteiger partial charge on any atom is 0.413 e. The first-order chi connectivity index (χ1) is 22.0. The fraction of sp³-hybridized carbons (Fsp3) is 0.0270. The predicted molar refractivity (Wildman–Crippen MR) is 201 cm³/mol. The minimum Gasteiger partial charge on any atom is -0.419 e. The summed E-state index contributed by atoms with van der Waals surface area (Å²) < 4.78 is 19.1. The van der Waals surface area contributed by atoms with Crippen LogP contribution in [0.5, 0.6) is 11.5 Å². The van der Waals surface area contributed by atoms with Crippen LogP contribution in [0.1, 0.15) is 0 Å². The molecule has 6 aromatic rings. The third kappa shape index (κ3) is 7.31. The summed E-state index contributed by atoms with van der Waals surface area (Å²) in [4.78, 5) is 0. The second-order valence-corrected chi connectivity index (χ2v) is 21.8. The Morgan fingerprint density at radius 2 is 0.689 bits per heavy atom. The molecule has 0 aromatic heterocycles. The van der Waals surface area contributed by atoms with Crippen LogP contribution in [0.15, 0.2) is 187 Å². The lowest BCUT2D eigenvalue weighted by atomic mass is 10.3. The van der Waals surface area contributed by atoms with Crippen molar-refractivity contribution in [3.8, 4) is 11.5 Å². The minimum atomic E-state index is -3.41. The molecule has 0 atom stereocenters. The van der Waals surface area contributed by atoms with Gasteiger partial charge in [-0.15, -0.1) is 0 Å². The van der Waals surface area contributed by atoms with Gasteiger partial charge in [-0.3, -0.25) is 0 Å². The largest absolute Gasteiger partial charge is 0.419 e. The van der Waals surface area contributed by atoms with Crippen LogP contribution in [0.4, 0.5) is 0 Å². The van der Waals surface area contributed by atoms with Crippen LogP contribution in [0.2, 0.25) is 0 Å². The second kappa shape index (κ2) is 14.3. The Bertz CT molecular complexity index is 1850. The van der Waals surface area contributed by atoms with E-state index in [0.717, 1.165) is 21.2 Å². The molecule has 8 heteroatoms. The zero-order valence-electron chi connectivity index (χ0n) is 24.4. The van der Waals surface area contributed by atoms with Crippen molar-refractivity contribution in [3.05, 3.63) is 182 Å². The van der Waals surface area contributed by atoms with Crippen molar-refractivity contribution in [2.45, 2.75) is 0 Å². The maximum absolute atomic E-state index is 6.91. The van der Waals surface area contributed by atoms with Gasteiger partial charge in [-0.1, -0.05) is 170 Å². The van der Waals surface area contributed by atoms with E-state index in [-0.39, 0.29) is 0 Å². The number of hydrogen-bond acceptors (Lipinski definition) is 4. The van der Waals surface area contributed by atoms with Crippen LogP contribution in [0.3, 0.4) is 0 Å². The number of rotatable bonds is 11. The van der Waals surface area contributed by atoms with Crippen LogP contribution in [0.25, 0.3) is 0 Å². The maximum atomic E-state index is 6.91. The Labute approximate surface area is 276 Å². The molecule has 3 nitrogen and oxygen atoms in total. The van der Waals surface area contributed by atoms with Gasteiger partial charge in [0.15, 0.2) is 0 Å². The highest BCUT2D eigenvalue weighted by Gasteiger charge is 2.38. The molecule has 0 saturated carbocycles. The SMILES string of the molecule is S=P(N=P(CP(=S)(c1ccccc1)c1ccccc1)(c1ccccc1)c1ccccc1)(Oc1ccccc1)Oc1ccccc1. The van der Waals surface area contributed by atoms with E-state index in [9.17, 15) is 0 Å². The third-order valence-corrected chi connectivity index (χ3v) is 21.5. The first-order valence-electron chi connectivity index (χ1n) is 14.5. The molecule has 0 aliphatic heterocycles. The van der Waals surface area contributed by atoms with Crippen LogP contribution in [-0.2, 0) is 23.6 Å². The topological polar surface area (TPSA) is 30.8 Å². The lowest BCUT2D eigenvalue weighted by Crippen LogP contribution is -2.25. The Morgan fingerprint density at radius 1 is 0.400 bits per heavy atom. The van der Waals surface area contributed by atoms with Gasteiger partial charge >= 0.3 is 6.64 Å². The molecular formula is C37H32NO2P3S2. The Hall–Kier alpha value is -3.55. The summed E-state index contributed by atoms with van der Waals surface area (Å²) in [5.74, 6) is 1.84. The van der Waals surface area contributed by atoms with Gasteiger partial charge < -0.3 is 9.05 Å². The molecule has 6 rings (SSSR count). The molecule has 0 N–H and O–H groups in total. The van der Waals surface area contributed by atoms with E-state index in [1.54, 1.807) is 0 Å². The summed E-state index contributed by atoms with van der Waals surface area (Å²) in [6.07, 6.45) is 0. The van der Waals surface area contributed by atoms with Gasteiger partial charge in [0.1, 0.15) is 11.5 Å². The quantitative estimate of drug-likeness (QED) is 0.128. The van der Waals surface area contributed by atoms with Crippen molar-refractivity contribution in [1.82, 2.24) is 0 Å². The van der Waals surface area contributed by atoms with Crippen molar-refractivity contribution in [3.63, 3.8) is 0 Å². The monoisotopic (exact) mass is 679 g/mol. The first kappa shape index (κ1) is 31.4. The third-order valence-electron chi connectivity index (χ3n) is 7.31. The van der Waals surface area contributed by atoms with E-state index < -0.39 is 19.7 Å². The molecule has 0 heterocycles. The molecule has 6 aromatic carbocycles. The van der Waals surface area contributed by atoms with Gasteiger partial charge in [0, 0.05) is 30.8 Å². The molecule has 0 fully saturated rings. The summed E-state index contributed by atoms with van der Waals surface area (Å²) in [7, 11) is -2.78. The molecule has 224 valence electrons. The average Bonchev–Trinajstić information content (AvgIpc) is 3.10. The van der Waals surface area contributed by atoms with E-state index in [0.29, 0.717) is 17.4 Å². The molecule has 0 spiro atoms. The van der Waals surface area contributed by atoms with Crippen molar-refractivity contribution in [1.29, 1.82) is 0 Å². The average molecular weight is 680 g/mol. The summed E-state index contributed by atoms with van der Waals surface area (Å²) in [5, 5.41) is 4.44. The van der Waals surface area contributed by atoms with E-state index in [4.69, 9.17) is 37.2 Å². The highest BCUT2D eigenvalue weighted by Crippen LogP contribution is 2.67. The first-order valence-corrected chi connectivity index (χ1v) is 22.0. The standard InChI is InChI=1S/C37H32NO2P3S2/c44-42(36-27-15-5-16-28-36,37-29-17-6-18-30-37)31-41(34-23-11-3-12-24-34,35-25-13-4-14-26-35)38-43(45,39-32-19-7-1-8-20-32)40-33-21-9-2-10-22-33/h1-30H,31H2. The number of para-hydroxylation sites is 2. The molecule has 0 saturated heterocycles. The second-order valence-electron chi connectivity index (χ2n) is 10.4. The molecule has 45 heavy (non-hydrogen) atoms. The number of nitrogens with zero attached hydrogens (tertiary/aromatic N) is 1. The van der Waals surface area contributed by atoms with Crippen LogP contribution in [0, 0.1) is 0 Å². The molecule has 0 radical (unpaired) electrons.